The smallest absolute Gasteiger partial charge is 0.424 e. The molecular weight excluding hydrogens is 486 g/mol. The lowest BCUT2D eigenvalue weighted by Crippen LogP contribution is -2.48. The van der Waals surface area contributed by atoms with Crippen molar-refractivity contribution in [3.05, 3.63) is 29.8 Å². The van der Waals surface area contributed by atoms with Crippen LogP contribution in [-0.2, 0) is 0 Å². The second-order valence-electron chi connectivity index (χ2n) is 9.30. The average molecular weight is 511 g/mol. The fourth-order valence-corrected chi connectivity index (χ4v) is 4.81. The molecule has 2 aliphatic rings. The van der Waals surface area contributed by atoms with Crippen LogP contribution >= 0.6 is 0 Å². The maximum absolute atomic E-state index is 14.1. The van der Waals surface area contributed by atoms with Crippen LogP contribution in [0.25, 0.3) is 0 Å². The average Bonchev–Trinajstić information content (AvgIpc) is 3.45. The number of halogens is 4. The highest BCUT2D eigenvalue weighted by molar-refractivity contribution is 5.37. The molecule has 1 saturated heterocycles. The van der Waals surface area contributed by atoms with Crippen molar-refractivity contribution in [3.8, 4) is 17.5 Å². The zero-order valence-electron chi connectivity index (χ0n) is 19.8. The third kappa shape index (κ3) is 5.02. The van der Waals surface area contributed by atoms with E-state index in [9.17, 15) is 17.6 Å². The first-order valence-electron chi connectivity index (χ1n) is 11.6. The molecular formula is C22H25F4N7O3. The molecule has 14 heteroatoms. The van der Waals surface area contributed by atoms with Gasteiger partial charge in [0, 0.05) is 25.2 Å². The molecule has 3 atom stereocenters. The quantitative estimate of drug-likeness (QED) is 0.452. The molecule has 1 aliphatic carbocycles. The van der Waals surface area contributed by atoms with Crippen LogP contribution in [0, 0.1) is 24.6 Å². The first-order chi connectivity index (χ1) is 17.1. The SMILES string of the molecule is Cc1noc(N2C[C@H]3CC[C@@H](C2)C3Nc2nc(Oc3ccc(OC(F)(F)F)c(F)c3)n(C(C)C)n2)n1. The molecule has 2 bridgehead atoms. The fourth-order valence-electron chi connectivity index (χ4n) is 4.81. The number of nitrogens with one attached hydrogen (secondary N) is 1. The van der Waals surface area contributed by atoms with Crippen LogP contribution in [0.2, 0.25) is 0 Å². The summed E-state index contributed by atoms with van der Waals surface area (Å²) in [6.45, 7) is 7.05. The number of aromatic nitrogens is 5. The van der Waals surface area contributed by atoms with Crippen molar-refractivity contribution in [2.24, 2.45) is 11.8 Å². The summed E-state index contributed by atoms with van der Waals surface area (Å²) in [5.41, 5.74) is 0. The zero-order chi connectivity index (χ0) is 25.6. The Bertz CT molecular complexity index is 1210. The number of hydrogen-bond donors (Lipinski definition) is 1. The molecule has 36 heavy (non-hydrogen) atoms. The van der Waals surface area contributed by atoms with E-state index >= 15 is 0 Å². The van der Waals surface area contributed by atoms with Crippen molar-refractivity contribution in [1.29, 1.82) is 0 Å². The molecule has 194 valence electrons. The molecule has 1 aromatic carbocycles. The van der Waals surface area contributed by atoms with Crippen LogP contribution < -0.4 is 19.7 Å². The van der Waals surface area contributed by atoms with E-state index < -0.39 is 17.9 Å². The van der Waals surface area contributed by atoms with Gasteiger partial charge in [0.25, 0.3) is 0 Å². The van der Waals surface area contributed by atoms with Gasteiger partial charge in [-0.15, -0.1) is 18.3 Å². The summed E-state index contributed by atoms with van der Waals surface area (Å²) in [6, 6.07) is 3.44. The Morgan fingerprint density at radius 3 is 2.44 bits per heavy atom. The van der Waals surface area contributed by atoms with Crippen LogP contribution in [0.1, 0.15) is 38.6 Å². The molecule has 3 heterocycles. The van der Waals surface area contributed by atoms with Gasteiger partial charge in [-0.3, -0.25) is 0 Å². The minimum atomic E-state index is -5.00. The summed E-state index contributed by atoms with van der Waals surface area (Å²) in [7, 11) is 0. The van der Waals surface area contributed by atoms with Crippen LogP contribution in [0.5, 0.6) is 17.5 Å². The van der Waals surface area contributed by atoms with Gasteiger partial charge in [-0.25, -0.2) is 9.07 Å². The second kappa shape index (κ2) is 9.13. The van der Waals surface area contributed by atoms with Crippen LogP contribution in [-0.4, -0.2) is 50.4 Å². The van der Waals surface area contributed by atoms with E-state index in [1.165, 1.54) is 10.7 Å². The molecule has 3 aromatic rings. The summed E-state index contributed by atoms with van der Waals surface area (Å²) in [5, 5.41) is 11.8. The van der Waals surface area contributed by atoms with E-state index in [1.807, 2.05) is 13.8 Å². The molecule has 10 nitrogen and oxygen atoms in total. The van der Waals surface area contributed by atoms with Gasteiger partial charge in [0.15, 0.2) is 17.4 Å². The molecule has 0 spiro atoms. The Morgan fingerprint density at radius 2 is 1.86 bits per heavy atom. The Labute approximate surface area is 203 Å². The Hall–Kier alpha value is -3.58. The molecule has 0 radical (unpaired) electrons. The number of anilines is 2. The number of aryl methyl sites for hydroxylation is 1. The number of nitrogens with zero attached hydrogens (tertiary/aromatic N) is 6. The lowest BCUT2D eigenvalue weighted by Gasteiger charge is -2.37. The van der Waals surface area contributed by atoms with Gasteiger partial charge in [0.2, 0.25) is 5.95 Å². The Morgan fingerprint density at radius 1 is 1.14 bits per heavy atom. The van der Waals surface area contributed by atoms with Gasteiger partial charge in [-0.1, -0.05) is 5.16 Å². The highest BCUT2D eigenvalue weighted by Crippen LogP contribution is 2.40. The second-order valence-corrected chi connectivity index (χ2v) is 9.30. The number of fused-ring (bicyclic) bond motifs is 2. The van der Waals surface area contributed by atoms with Gasteiger partial charge >= 0.3 is 18.4 Å². The first-order valence-corrected chi connectivity index (χ1v) is 11.6. The molecule has 1 aliphatic heterocycles. The molecule has 2 aromatic heterocycles. The van der Waals surface area contributed by atoms with Gasteiger partial charge in [0.05, 0.1) is 6.04 Å². The van der Waals surface area contributed by atoms with E-state index in [4.69, 9.17) is 9.26 Å². The summed E-state index contributed by atoms with van der Waals surface area (Å²) >= 11 is 0. The topological polar surface area (TPSA) is 103 Å². The highest BCUT2D eigenvalue weighted by Gasteiger charge is 2.44. The highest BCUT2D eigenvalue weighted by atomic mass is 19.4. The summed E-state index contributed by atoms with van der Waals surface area (Å²) in [4.78, 5) is 10.9. The lowest BCUT2D eigenvalue weighted by atomic mass is 9.92. The van der Waals surface area contributed by atoms with E-state index in [0.29, 0.717) is 29.6 Å². The Kier molecular flexibility index (Phi) is 6.12. The summed E-state index contributed by atoms with van der Waals surface area (Å²) in [5.74, 6) is -0.593. The maximum Gasteiger partial charge on any atom is 0.573 e. The maximum atomic E-state index is 14.1. The summed E-state index contributed by atoms with van der Waals surface area (Å²) in [6.07, 6.45) is -2.93. The van der Waals surface area contributed by atoms with Gasteiger partial charge < -0.3 is 24.2 Å². The lowest BCUT2D eigenvalue weighted by molar-refractivity contribution is -0.275. The molecule has 1 saturated carbocycles. The number of rotatable bonds is 7. The van der Waals surface area contributed by atoms with Crippen molar-refractivity contribution in [1.82, 2.24) is 24.9 Å². The van der Waals surface area contributed by atoms with E-state index in [1.54, 1.807) is 6.92 Å². The third-order valence-electron chi connectivity index (χ3n) is 6.34. The Balaban J connectivity index is 1.30. The monoisotopic (exact) mass is 511 g/mol. The van der Waals surface area contributed by atoms with E-state index in [0.717, 1.165) is 38.1 Å². The van der Waals surface area contributed by atoms with Gasteiger partial charge in [-0.05, 0) is 57.6 Å². The van der Waals surface area contributed by atoms with Gasteiger partial charge in [-0.2, -0.15) is 9.97 Å². The molecule has 1 unspecified atom stereocenters. The van der Waals surface area contributed by atoms with E-state index in [2.05, 4.69) is 35.2 Å². The molecule has 1 N–H and O–H groups in total. The van der Waals surface area contributed by atoms with Crippen molar-refractivity contribution < 1.29 is 31.6 Å². The predicted molar refractivity (Wildman–Crippen MR) is 118 cm³/mol. The first kappa shape index (κ1) is 24.1. The van der Waals surface area contributed by atoms with Crippen LogP contribution in [0.4, 0.5) is 29.5 Å². The number of ether oxygens (including phenoxy) is 2. The summed E-state index contributed by atoms with van der Waals surface area (Å²) < 4.78 is 67.6. The number of piperidine rings is 1. The number of alkyl halides is 3. The molecule has 5 rings (SSSR count). The normalized spacial score (nSPS) is 21.8. The number of hydrogen-bond acceptors (Lipinski definition) is 9. The standard InChI is InChI=1S/C22H25F4N7O3/c1-11(2)33-21(34-15-6-7-17(16(23)8-15)35-22(24,25)26)29-19(30-33)28-18-13-4-5-14(18)10-32(9-13)20-27-12(3)31-36-20/h6-8,11,13-14,18H,4-5,9-10H2,1-3H3,(H,28,30)/t13-,14+,18?. The van der Waals surface area contributed by atoms with E-state index in [-0.39, 0.29) is 23.8 Å². The third-order valence-corrected chi connectivity index (χ3v) is 6.34. The van der Waals surface area contributed by atoms with Gasteiger partial charge in [0.1, 0.15) is 5.75 Å². The minimum Gasteiger partial charge on any atom is -0.424 e. The number of benzene rings is 1. The molecule has 2 fully saturated rings. The van der Waals surface area contributed by atoms with Crippen molar-refractivity contribution >= 4 is 12.0 Å². The fraction of sp³-hybridized carbons (Fsp3) is 0.545. The minimum absolute atomic E-state index is 0.0360. The van der Waals surface area contributed by atoms with Crippen molar-refractivity contribution in [2.75, 3.05) is 23.3 Å². The largest absolute Gasteiger partial charge is 0.573 e. The predicted octanol–water partition coefficient (Wildman–Crippen LogP) is 4.71. The van der Waals surface area contributed by atoms with Crippen LogP contribution in [0.15, 0.2) is 22.7 Å². The van der Waals surface area contributed by atoms with Crippen molar-refractivity contribution in [3.63, 3.8) is 0 Å². The van der Waals surface area contributed by atoms with Crippen LogP contribution in [0.3, 0.4) is 0 Å². The molecule has 0 amide bonds. The zero-order valence-corrected chi connectivity index (χ0v) is 19.8. The van der Waals surface area contributed by atoms with Crippen molar-refractivity contribution in [2.45, 2.75) is 52.1 Å².